The van der Waals surface area contributed by atoms with Crippen LogP contribution in [0.4, 0.5) is 10.1 Å². The summed E-state index contributed by atoms with van der Waals surface area (Å²) in [6, 6.07) is 6.72. The Morgan fingerprint density at radius 3 is 2.71 bits per heavy atom. The number of nitrogens with two attached hydrogens (primary N) is 1. The summed E-state index contributed by atoms with van der Waals surface area (Å²) in [7, 11) is 0. The van der Waals surface area contributed by atoms with Crippen LogP contribution < -0.4 is 10.5 Å². The molecule has 3 nitrogen and oxygen atoms in total. The molecule has 0 radical (unpaired) electrons. The van der Waals surface area contributed by atoms with Gasteiger partial charge in [-0.3, -0.25) is 0 Å². The molecule has 1 aromatic carbocycles. The molecule has 0 atom stereocenters. The molecule has 1 heterocycles. The van der Waals surface area contributed by atoms with E-state index in [-0.39, 0.29) is 11.6 Å². The van der Waals surface area contributed by atoms with Crippen molar-refractivity contribution in [3.05, 3.63) is 47.4 Å². The van der Waals surface area contributed by atoms with Gasteiger partial charge in [0.1, 0.15) is 0 Å². The number of hydrogen-bond donors (Lipinski definition) is 1. The van der Waals surface area contributed by atoms with Crippen LogP contribution in [0.2, 0.25) is 0 Å². The number of halogens is 1. The lowest BCUT2D eigenvalue weighted by molar-refractivity contribution is 0.427. The minimum atomic E-state index is -0.393. The zero-order valence-electron chi connectivity index (χ0n) is 9.70. The number of aryl methyl sites for hydroxylation is 2. The first-order valence-corrected chi connectivity index (χ1v) is 5.23. The zero-order valence-corrected chi connectivity index (χ0v) is 9.70. The minimum Gasteiger partial charge on any atom is -0.434 e. The maximum atomic E-state index is 13.7. The molecule has 88 valence electrons. The molecule has 2 N–H and O–H groups in total. The van der Waals surface area contributed by atoms with E-state index in [1.54, 1.807) is 37.4 Å². The van der Waals surface area contributed by atoms with Crippen molar-refractivity contribution in [3.63, 3.8) is 0 Å². The van der Waals surface area contributed by atoms with Crippen LogP contribution in [-0.2, 0) is 0 Å². The first-order chi connectivity index (χ1) is 8.09. The van der Waals surface area contributed by atoms with Crippen molar-refractivity contribution in [1.82, 2.24) is 4.98 Å². The first-order valence-electron chi connectivity index (χ1n) is 5.23. The molecule has 0 aliphatic rings. The van der Waals surface area contributed by atoms with Gasteiger partial charge in [-0.05, 0) is 37.1 Å². The lowest BCUT2D eigenvalue weighted by Crippen LogP contribution is -1.99. The van der Waals surface area contributed by atoms with Gasteiger partial charge in [0.25, 0.3) is 0 Å². The van der Waals surface area contributed by atoms with Gasteiger partial charge in [0, 0.05) is 6.20 Å². The van der Waals surface area contributed by atoms with Gasteiger partial charge in [-0.2, -0.15) is 0 Å². The van der Waals surface area contributed by atoms with Crippen molar-refractivity contribution in [1.29, 1.82) is 0 Å². The largest absolute Gasteiger partial charge is 0.434 e. The van der Waals surface area contributed by atoms with Crippen LogP contribution in [0.25, 0.3) is 0 Å². The highest BCUT2D eigenvalue weighted by atomic mass is 19.1. The maximum Gasteiger partial charge on any atom is 0.243 e. The van der Waals surface area contributed by atoms with Crippen molar-refractivity contribution >= 4 is 5.69 Å². The molecule has 0 unspecified atom stereocenters. The van der Waals surface area contributed by atoms with E-state index >= 15 is 0 Å². The van der Waals surface area contributed by atoms with Gasteiger partial charge in [-0.1, -0.05) is 12.1 Å². The topological polar surface area (TPSA) is 48.1 Å². The van der Waals surface area contributed by atoms with Crippen LogP contribution in [0.5, 0.6) is 11.6 Å². The summed E-state index contributed by atoms with van der Waals surface area (Å²) in [5, 5.41) is 0. The molecule has 1 aromatic heterocycles. The van der Waals surface area contributed by atoms with Gasteiger partial charge in [-0.15, -0.1) is 0 Å². The number of benzene rings is 1. The lowest BCUT2D eigenvalue weighted by Gasteiger charge is -2.10. The Morgan fingerprint density at radius 1 is 1.18 bits per heavy atom. The van der Waals surface area contributed by atoms with E-state index in [0.717, 1.165) is 5.56 Å². The third-order valence-electron chi connectivity index (χ3n) is 2.53. The van der Waals surface area contributed by atoms with Crippen LogP contribution >= 0.6 is 0 Å². The van der Waals surface area contributed by atoms with Crippen LogP contribution in [0, 0.1) is 19.7 Å². The zero-order chi connectivity index (χ0) is 12.4. The number of ether oxygens (including phenoxy) is 1. The number of hydrogen-bond acceptors (Lipinski definition) is 3. The Bertz CT molecular complexity index is 506. The number of anilines is 1. The van der Waals surface area contributed by atoms with Crippen molar-refractivity contribution < 1.29 is 9.13 Å². The van der Waals surface area contributed by atoms with Gasteiger partial charge in [0.05, 0.1) is 5.69 Å². The molecule has 0 saturated heterocycles. The molecule has 0 amide bonds. The Labute approximate surface area is 99.1 Å². The lowest BCUT2D eigenvalue weighted by atomic mass is 10.2. The predicted octanol–water partition coefficient (Wildman–Crippen LogP) is 3.21. The normalized spacial score (nSPS) is 10.3. The second kappa shape index (κ2) is 4.41. The summed E-state index contributed by atoms with van der Waals surface area (Å²) < 4.78 is 19.1. The van der Waals surface area contributed by atoms with E-state index in [9.17, 15) is 4.39 Å². The molecule has 0 saturated carbocycles. The molecule has 0 spiro atoms. The van der Waals surface area contributed by atoms with Gasteiger partial charge in [0.2, 0.25) is 5.88 Å². The predicted molar refractivity (Wildman–Crippen MR) is 64.6 cm³/mol. The number of nitrogens with zero attached hydrogens (tertiary/aromatic N) is 1. The maximum absolute atomic E-state index is 13.7. The Balaban J connectivity index is 2.38. The van der Waals surface area contributed by atoms with E-state index in [0.29, 0.717) is 11.3 Å². The molecule has 4 heteroatoms. The third kappa shape index (κ3) is 2.20. The summed E-state index contributed by atoms with van der Waals surface area (Å²) in [4.78, 5) is 3.99. The van der Waals surface area contributed by atoms with Crippen LogP contribution in [-0.4, -0.2) is 4.98 Å². The van der Waals surface area contributed by atoms with Crippen molar-refractivity contribution in [3.8, 4) is 11.6 Å². The summed E-state index contributed by atoms with van der Waals surface area (Å²) in [5.74, 6) is -0.0282. The van der Waals surface area contributed by atoms with Crippen LogP contribution in [0.15, 0.2) is 30.5 Å². The number of aromatic nitrogens is 1. The quantitative estimate of drug-likeness (QED) is 0.864. The summed E-state index contributed by atoms with van der Waals surface area (Å²) in [5.41, 5.74) is 7.61. The Morgan fingerprint density at radius 2 is 1.94 bits per heavy atom. The van der Waals surface area contributed by atoms with Gasteiger partial charge in [-0.25, -0.2) is 9.37 Å². The van der Waals surface area contributed by atoms with Crippen LogP contribution in [0.3, 0.4) is 0 Å². The van der Waals surface area contributed by atoms with E-state index in [2.05, 4.69) is 4.98 Å². The number of rotatable bonds is 2. The van der Waals surface area contributed by atoms with E-state index in [1.807, 2.05) is 6.92 Å². The van der Waals surface area contributed by atoms with E-state index < -0.39 is 5.82 Å². The molecule has 2 aromatic rings. The molecule has 0 aliphatic heterocycles. The van der Waals surface area contributed by atoms with Gasteiger partial charge >= 0.3 is 0 Å². The second-order valence-electron chi connectivity index (χ2n) is 3.84. The number of pyridine rings is 1. The first kappa shape index (κ1) is 11.4. The molecular weight excluding hydrogens is 219 g/mol. The SMILES string of the molecule is Cc1ccnc(Oc2cccc(C)c2F)c1N. The van der Waals surface area contributed by atoms with Gasteiger partial charge < -0.3 is 10.5 Å². The third-order valence-corrected chi connectivity index (χ3v) is 2.53. The molecule has 0 bridgehead atoms. The summed E-state index contributed by atoms with van der Waals surface area (Å²) in [6.45, 7) is 3.52. The average Bonchev–Trinajstić information content (AvgIpc) is 2.31. The van der Waals surface area contributed by atoms with Crippen LogP contribution in [0.1, 0.15) is 11.1 Å². The van der Waals surface area contributed by atoms with Crippen molar-refractivity contribution in [2.45, 2.75) is 13.8 Å². The van der Waals surface area contributed by atoms with E-state index in [4.69, 9.17) is 10.5 Å². The molecular formula is C13H13FN2O. The molecule has 0 fully saturated rings. The monoisotopic (exact) mass is 232 g/mol. The fraction of sp³-hybridized carbons (Fsp3) is 0.154. The second-order valence-corrected chi connectivity index (χ2v) is 3.84. The average molecular weight is 232 g/mol. The molecule has 17 heavy (non-hydrogen) atoms. The van der Waals surface area contributed by atoms with Crippen molar-refractivity contribution in [2.24, 2.45) is 0 Å². The minimum absolute atomic E-state index is 0.134. The number of nitrogen functional groups attached to an aromatic ring is 1. The highest BCUT2D eigenvalue weighted by Gasteiger charge is 2.10. The highest BCUT2D eigenvalue weighted by molar-refractivity contribution is 5.55. The van der Waals surface area contributed by atoms with Crippen molar-refractivity contribution in [2.75, 3.05) is 5.73 Å². The standard InChI is InChI=1S/C13H13FN2O/c1-8-4-3-5-10(11(8)14)17-13-12(15)9(2)6-7-16-13/h3-7H,15H2,1-2H3. The fourth-order valence-electron chi connectivity index (χ4n) is 1.43. The smallest absolute Gasteiger partial charge is 0.243 e. The molecule has 0 aliphatic carbocycles. The highest BCUT2D eigenvalue weighted by Crippen LogP contribution is 2.29. The Hall–Kier alpha value is -2.10. The fourth-order valence-corrected chi connectivity index (χ4v) is 1.43. The van der Waals surface area contributed by atoms with Gasteiger partial charge in [0.15, 0.2) is 11.6 Å². The molecule has 2 rings (SSSR count). The Kier molecular flexibility index (Phi) is 2.95. The summed E-state index contributed by atoms with van der Waals surface area (Å²) in [6.07, 6.45) is 1.58. The summed E-state index contributed by atoms with van der Waals surface area (Å²) >= 11 is 0. The van der Waals surface area contributed by atoms with E-state index in [1.165, 1.54) is 0 Å².